The van der Waals surface area contributed by atoms with Gasteiger partial charge in [-0.05, 0) is 25.0 Å². The summed E-state index contributed by atoms with van der Waals surface area (Å²) < 4.78 is 20.9. The van der Waals surface area contributed by atoms with Gasteiger partial charge < -0.3 is 5.11 Å². The molecule has 0 aliphatic heterocycles. The lowest BCUT2D eigenvalue weighted by molar-refractivity contribution is 0.240. The van der Waals surface area contributed by atoms with Crippen LogP contribution < -0.4 is 3.89 Å². The quantitative estimate of drug-likeness (QED) is 0.264. The number of rotatable bonds is 8. The second-order valence-electron chi connectivity index (χ2n) is 9.02. The third-order valence-electron chi connectivity index (χ3n) is 6.29. The van der Waals surface area contributed by atoms with Gasteiger partial charge in [-0.2, -0.15) is 8.57 Å². The molecular weight excluding hydrogens is 452 g/mol. The van der Waals surface area contributed by atoms with Crippen LogP contribution in [0.2, 0.25) is 0 Å². The summed E-state index contributed by atoms with van der Waals surface area (Å²) in [6, 6.07) is 37.0. The van der Waals surface area contributed by atoms with Gasteiger partial charge in [0.1, 0.15) is 4.90 Å². The Morgan fingerprint density at radius 2 is 1.11 bits per heavy atom. The Morgan fingerprint density at radius 1 is 0.714 bits per heavy atom. The van der Waals surface area contributed by atoms with Crippen molar-refractivity contribution in [2.75, 3.05) is 6.61 Å². The van der Waals surface area contributed by atoms with Crippen LogP contribution in [0.3, 0.4) is 0 Å². The molecule has 0 fully saturated rings. The number of para-hydroxylation sites is 3. The van der Waals surface area contributed by atoms with E-state index >= 15 is 4.21 Å². The van der Waals surface area contributed by atoms with Crippen molar-refractivity contribution >= 4 is 27.0 Å². The van der Waals surface area contributed by atoms with Gasteiger partial charge in [0.25, 0.3) is 0 Å². The molecule has 0 spiro atoms. The topological polar surface area (TPSA) is 49.7 Å². The van der Waals surface area contributed by atoms with Gasteiger partial charge in [0.05, 0.1) is 12.6 Å². The molecule has 5 heteroatoms. The van der Waals surface area contributed by atoms with Crippen molar-refractivity contribution in [2.45, 2.75) is 31.7 Å². The van der Waals surface area contributed by atoms with Crippen molar-refractivity contribution in [1.29, 1.82) is 0 Å². The molecule has 0 aromatic heterocycles. The van der Waals surface area contributed by atoms with Gasteiger partial charge in [0.15, 0.2) is 17.1 Å². The first kappa shape index (κ1) is 24.9. The van der Waals surface area contributed by atoms with Crippen LogP contribution in [0.4, 0.5) is 17.1 Å². The zero-order chi connectivity index (χ0) is 24.9. The molecule has 4 aromatic carbocycles. The Bertz CT molecular complexity index is 1250. The summed E-state index contributed by atoms with van der Waals surface area (Å²) >= 11 is 0. The molecule has 35 heavy (non-hydrogen) atoms. The summed E-state index contributed by atoms with van der Waals surface area (Å²) in [5.41, 5.74) is 3.58. The molecule has 0 aliphatic rings. The van der Waals surface area contributed by atoms with Crippen LogP contribution in [0, 0.1) is 12.8 Å². The molecule has 4 rings (SSSR count). The molecule has 0 radical (unpaired) electrons. The average Bonchev–Trinajstić information content (AvgIpc) is 2.90. The smallest absolute Gasteiger partial charge is 0.239 e. The van der Waals surface area contributed by atoms with Crippen molar-refractivity contribution in [2.24, 2.45) is 10.3 Å². The van der Waals surface area contributed by atoms with Gasteiger partial charge in [-0.25, -0.2) is 0 Å². The fourth-order valence-corrected chi connectivity index (χ4v) is 7.31. The highest BCUT2D eigenvalue weighted by molar-refractivity contribution is 7.93. The number of aliphatic hydroxyl groups is 1. The number of hydrogen-bond donors (Lipinski definition) is 1. The second-order valence-corrected chi connectivity index (χ2v) is 11.2. The van der Waals surface area contributed by atoms with Crippen LogP contribution in [0.5, 0.6) is 0 Å². The van der Waals surface area contributed by atoms with Crippen LogP contribution in [-0.4, -0.2) is 22.0 Å². The Kier molecular flexibility index (Phi) is 7.51. The van der Waals surface area contributed by atoms with E-state index in [4.69, 9.17) is 4.36 Å². The number of nitrogens with zero attached hydrogens (tertiary/aromatic N) is 2. The third-order valence-corrected chi connectivity index (χ3v) is 9.11. The van der Waals surface area contributed by atoms with E-state index in [0.29, 0.717) is 4.90 Å². The zero-order valence-electron chi connectivity index (χ0n) is 20.5. The van der Waals surface area contributed by atoms with Crippen molar-refractivity contribution < 1.29 is 9.32 Å². The molecule has 2 atom stereocenters. The fourth-order valence-electron chi connectivity index (χ4n) is 4.34. The molecular formula is C30H33N2O2S+. The van der Waals surface area contributed by atoms with Crippen molar-refractivity contribution in [1.82, 2.24) is 3.89 Å². The van der Waals surface area contributed by atoms with Gasteiger partial charge in [0.2, 0.25) is 9.92 Å². The van der Waals surface area contributed by atoms with Crippen LogP contribution in [-0.2, 0) is 9.92 Å². The van der Waals surface area contributed by atoms with Crippen LogP contribution >= 0.6 is 0 Å². The molecule has 0 bridgehead atoms. The van der Waals surface area contributed by atoms with Gasteiger partial charge in [-0.3, -0.25) is 0 Å². The second kappa shape index (κ2) is 10.6. The van der Waals surface area contributed by atoms with Gasteiger partial charge in [0, 0.05) is 36.4 Å². The lowest BCUT2D eigenvalue weighted by Crippen LogP contribution is -2.45. The van der Waals surface area contributed by atoms with E-state index in [-0.39, 0.29) is 16.4 Å². The summed E-state index contributed by atoms with van der Waals surface area (Å²) in [4.78, 5) is 0.624. The largest absolute Gasteiger partial charge is 0.394 e. The molecule has 0 amide bonds. The predicted octanol–water partition coefficient (Wildman–Crippen LogP) is 7.42. The minimum atomic E-state index is -3.30. The van der Waals surface area contributed by atoms with E-state index < -0.39 is 16.0 Å². The minimum Gasteiger partial charge on any atom is -0.394 e. The highest BCUT2D eigenvalue weighted by Gasteiger charge is 2.48. The van der Waals surface area contributed by atoms with E-state index in [1.807, 2.05) is 136 Å². The summed E-state index contributed by atoms with van der Waals surface area (Å²) in [5, 5.41) is 10.3. The highest BCUT2D eigenvalue weighted by Crippen LogP contribution is 2.50. The van der Waals surface area contributed by atoms with Crippen molar-refractivity contribution in [3.63, 3.8) is 0 Å². The Morgan fingerprint density at radius 3 is 1.46 bits per heavy atom. The molecule has 4 nitrogen and oxygen atoms in total. The predicted molar refractivity (Wildman–Crippen MR) is 146 cm³/mol. The summed E-state index contributed by atoms with van der Waals surface area (Å²) in [6.07, 6.45) is 0. The zero-order valence-corrected chi connectivity index (χ0v) is 21.3. The van der Waals surface area contributed by atoms with Gasteiger partial charge >= 0.3 is 0 Å². The highest BCUT2D eigenvalue weighted by atomic mass is 32.2. The van der Waals surface area contributed by atoms with E-state index in [1.54, 1.807) is 0 Å². The van der Waals surface area contributed by atoms with Crippen LogP contribution in [0.1, 0.15) is 19.4 Å². The lowest BCUT2D eigenvalue weighted by atomic mass is 10.1. The Balaban J connectivity index is 2.26. The van der Waals surface area contributed by atoms with Gasteiger partial charge in [-0.15, -0.1) is 3.89 Å². The molecule has 0 heterocycles. The molecule has 4 aromatic rings. The third kappa shape index (κ3) is 4.55. The number of aliphatic hydroxyl groups excluding tert-OH is 1. The molecule has 1 unspecified atom stereocenters. The SMILES string of the molecule is Cc1ccc(S(=O)(=N[C@H](CO)C(C)C)[N+](c2ccccc2)(c2ccccc2)c2ccccc2)cc1. The van der Waals surface area contributed by atoms with E-state index in [9.17, 15) is 5.11 Å². The van der Waals surface area contributed by atoms with E-state index in [0.717, 1.165) is 22.6 Å². The Labute approximate surface area is 209 Å². The van der Waals surface area contributed by atoms with E-state index in [2.05, 4.69) is 0 Å². The first-order chi connectivity index (χ1) is 16.9. The number of quaternary nitrogens is 1. The maximum atomic E-state index is 15.9. The molecule has 0 saturated heterocycles. The summed E-state index contributed by atoms with van der Waals surface area (Å²) in [7, 11) is -3.30. The summed E-state index contributed by atoms with van der Waals surface area (Å²) in [6.45, 7) is 5.84. The lowest BCUT2D eigenvalue weighted by Gasteiger charge is -2.39. The monoisotopic (exact) mass is 485 g/mol. The minimum absolute atomic E-state index is 0.00972. The number of benzene rings is 4. The Hall–Kier alpha value is -3.25. The molecule has 0 aliphatic carbocycles. The van der Waals surface area contributed by atoms with Gasteiger partial charge in [-0.1, -0.05) is 86.1 Å². The standard InChI is InChI=1S/C30H33N2O2S/c1-24(2)30(23-33)31-35(34,29-21-19-25(3)20-22-29)32(26-13-7-4-8-14-26,27-15-9-5-10-16-27)28-17-11-6-12-18-28/h4-22,24,30,33H,23H2,1-3H3/q+1/t30-,35?/m1/s1. The van der Waals surface area contributed by atoms with Crippen LogP contribution in [0.15, 0.2) is 125 Å². The van der Waals surface area contributed by atoms with Crippen molar-refractivity contribution in [3.8, 4) is 0 Å². The van der Waals surface area contributed by atoms with E-state index in [1.165, 1.54) is 0 Å². The fraction of sp³-hybridized carbons (Fsp3) is 0.200. The first-order valence-corrected chi connectivity index (χ1v) is 13.4. The molecule has 1 N–H and O–H groups in total. The normalized spacial score (nSPS) is 14.3. The maximum absolute atomic E-state index is 15.9. The summed E-state index contributed by atoms with van der Waals surface area (Å²) in [5.74, 6) is 0.00972. The number of aryl methyl sites for hydroxylation is 1. The average molecular weight is 486 g/mol. The number of hydrogen-bond acceptors (Lipinski definition) is 3. The molecule has 180 valence electrons. The van der Waals surface area contributed by atoms with Crippen molar-refractivity contribution in [3.05, 3.63) is 121 Å². The van der Waals surface area contributed by atoms with Crippen LogP contribution in [0.25, 0.3) is 0 Å². The maximum Gasteiger partial charge on any atom is 0.239 e. The first-order valence-electron chi connectivity index (χ1n) is 11.9. The molecule has 0 saturated carbocycles.